The molecule has 0 bridgehead atoms. The van der Waals surface area contributed by atoms with Crippen LogP contribution >= 0.6 is 22.6 Å². The third-order valence-electron chi connectivity index (χ3n) is 0.788. The van der Waals surface area contributed by atoms with Crippen molar-refractivity contribution in [2.75, 3.05) is 6.26 Å². The SMILES string of the molecule is C[C@H](O)[C@H](I)S(C)(=O)=O. The Balaban J connectivity index is 4.24. The second-order valence-electron chi connectivity index (χ2n) is 1.92. The van der Waals surface area contributed by atoms with Crippen LogP contribution in [0.15, 0.2) is 0 Å². The monoisotopic (exact) mass is 264 g/mol. The van der Waals surface area contributed by atoms with Gasteiger partial charge in [0.25, 0.3) is 0 Å². The maximum atomic E-state index is 10.6. The van der Waals surface area contributed by atoms with Crippen LogP contribution in [0.1, 0.15) is 6.92 Å². The summed E-state index contributed by atoms with van der Waals surface area (Å²) in [7, 11) is -3.07. The summed E-state index contributed by atoms with van der Waals surface area (Å²) in [6.07, 6.45) is 0.317. The van der Waals surface area contributed by atoms with Gasteiger partial charge in [0.2, 0.25) is 0 Å². The minimum Gasteiger partial charge on any atom is -0.391 e. The van der Waals surface area contributed by atoms with Gasteiger partial charge in [0.05, 0.1) is 6.10 Å². The quantitative estimate of drug-likeness (QED) is 0.571. The van der Waals surface area contributed by atoms with Crippen LogP contribution in [0, 0.1) is 0 Å². The summed E-state index contributed by atoms with van der Waals surface area (Å²) in [5.41, 5.74) is 0. The molecule has 0 aliphatic rings. The molecule has 3 nitrogen and oxygen atoms in total. The molecule has 56 valence electrons. The van der Waals surface area contributed by atoms with Crippen molar-refractivity contribution in [3.8, 4) is 0 Å². The van der Waals surface area contributed by atoms with Gasteiger partial charge in [-0.05, 0) is 6.92 Å². The van der Waals surface area contributed by atoms with Gasteiger partial charge in [-0.15, -0.1) is 0 Å². The summed E-state index contributed by atoms with van der Waals surface area (Å²) in [6, 6.07) is 0. The van der Waals surface area contributed by atoms with E-state index in [4.69, 9.17) is 5.11 Å². The summed E-state index contributed by atoms with van der Waals surface area (Å²) < 4.78 is 20.5. The topological polar surface area (TPSA) is 54.4 Å². The standard InChI is InChI=1S/C4H9IO3S/c1-3(6)4(5)9(2,7)8/h3-4,6H,1-2H3/t3-,4+/m0/s1. The molecule has 0 saturated carbocycles. The molecule has 1 N–H and O–H groups in total. The molecule has 0 radical (unpaired) electrons. The predicted molar refractivity (Wildman–Crippen MR) is 44.3 cm³/mol. The average Bonchev–Trinajstić information content (AvgIpc) is 1.62. The van der Waals surface area contributed by atoms with E-state index in [-0.39, 0.29) is 0 Å². The van der Waals surface area contributed by atoms with E-state index in [0.29, 0.717) is 0 Å². The lowest BCUT2D eigenvalue weighted by molar-refractivity contribution is 0.214. The van der Waals surface area contributed by atoms with Gasteiger partial charge in [0.1, 0.15) is 3.26 Å². The summed E-state index contributed by atoms with van der Waals surface area (Å²) in [4.78, 5) is 0. The highest BCUT2D eigenvalue weighted by Crippen LogP contribution is 2.12. The molecule has 0 unspecified atom stereocenters. The number of rotatable bonds is 2. The Morgan fingerprint density at radius 2 is 1.89 bits per heavy atom. The Labute approximate surface area is 68.5 Å². The van der Waals surface area contributed by atoms with Crippen molar-refractivity contribution in [1.82, 2.24) is 0 Å². The third-order valence-corrected chi connectivity index (χ3v) is 5.81. The van der Waals surface area contributed by atoms with Crippen molar-refractivity contribution in [1.29, 1.82) is 0 Å². The van der Waals surface area contributed by atoms with Crippen LogP contribution in [-0.4, -0.2) is 29.1 Å². The number of sulfone groups is 1. The summed E-state index contributed by atoms with van der Waals surface area (Å²) in [5.74, 6) is 0. The van der Waals surface area contributed by atoms with E-state index in [1.165, 1.54) is 6.92 Å². The molecule has 0 heterocycles. The fourth-order valence-corrected chi connectivity index (χ4v) is 1.07. The Hall–Kier alpha value is 0.640. The van der Waals surface area contributed by atoms with Gasteiger partial charge in [0, 0.05) is 6.26 Å². The fraction of sp³-hybridized carbons (Fsp3) is 1.00. The van der Waals surface area contributed by atoms with E-state index < -0.39 is 19.2 Å². The zero-order chi connectivity index (χ0) is 7.65. The van der Waals surface area contributed by atoms with Crippen molar-refractivity contribution >= 4 is 32.4 Å². The van der Waals surface area contributed by atoms with Gasteiger partial charge in [-0.25, -0.2) is 8.42 Å². The first-order chi connectivity index (χ1) is 3.85. The molecule has 0 spiro atoms. The van der Waals surface area contributed by atoms with Crippen molar-refractivity contribution in [3.63, 3.8) is 0 Å². The highest BCUT2D eigenvalue weighted by molar-refractivity contribution is 14.1. The summed E-state index contributed by atoms with van der Waals surface area (Å²) in [5, 5.41) is 8.77. The molecule has 5 heteroatoms. The first kappa shape index (κ1) is 9.64. The molecule has 9 heavy (non-hydrogen) atoms. The lowest BCUT2D eigenvalue weighted by atomic mass is 10.5. The molecule has 0 fully saturated rings. The van der Waals surface area contributed by atoms with E-state index in [1.54, 1.807) is 22.6 Å². The highest BCUT2D eigenvalue weighted by atomic mass is 127. The van der Waals surface area contributed by atoms with Crippen LogP contribution in [0.4, 0.5) is 0 Å². The zero-order valence-electron chi connectivity index (χ0n) is 5.20. The van der Waals surface area contributed by atoms with Crippen LogP contribution in [0.25, 0.3) is 0 Å². The van der Waals surface area contributed by atoms with E-state index in [2.05, 4.69) is 0 Å². The van der Waals surface area contributed by atoms with Crippen LogP contribution in [-0.2, 0) is 9.84 Å². The molecule has 0 aromatic carbocycles. The average molecular weight is 264 g/mol. The number of hydrogen-bond acceptors (Lipinski definition) is 3. The molecule has 0 aromatic rings. The van der Waals surface area contributed by atoms with Gasteiger partial charge >= 0.3 is 0 Å². The number of halogens is 1. The van der Waals surface area contributed by atoms with Crippen LogP contribution in [0.2, 0.25) is 0 Å². The van der Waals surface area contributed by atoms with Gasteiger partial charge < -0.3 is 5.11 Å². The molecule has 0 amide bonds. The molecular formula is C4H9IO3S. The van der Waals surface area contributed by atoms with Crippen molar-refractivity contribution in [2.24, 2.45) is 0 Å². The zero-order valence-corrected chi connectivity index (χ0v) is 8.18. The second-order valence-corrected chi connectivity index (χ2v) is 6.28. The highest BCUT2D eigenvalue weighted by Gasteiger charge is 2.21. The van der Waals surface area contributed by atoms with Gasteiger partial charge in [0.15, 0.2) is 9.84 Å². The first-order valence-corrected chi connectivity index (χ1v) is 5.56. The minimum atomic E-state index is -3.07. The number of alkyl halides is 1. The largest absolute Gasteiger partial charge is 0.391 e. The lowest BCUT2D eigenvalue weighted by Gasteiger charge is -2.08. The van der Waals surface area contributed by atoms with E-state index in [1.807, 2.05) is 0 Å². The molecule has 2 atom stereocenters. The lowest BCUT2D eigenvalue weighted by Crippen LogP contribution is -2.24. The second kappa shape index (κ2) is 3.16. The van der Waals surface area contributed by atoms with Crippen molar-refractivity contribution in [2.45, 2.75) is 16.3 Å². The minimum absolute atomic E-state index is 0.685. The van der Waals surface area contributed by atoms with Crippen LogP contribution < -0.4 is 0 Å². The number of aliphatic hydroxyl groups is 1. The Morgan fingerprint density at radius 1 is 1.56 bits per heavy atom. The van der Waals surface area contributed by atoms with Crippen molar-refractivity contribution in [3.05, 3.63) is 0 Å². The van der Waals surface area contributed by atoms with Crippen LogP contribution in [0.3, 0.4) is 0 Å². The van der Waals surface area contributed by atoms with E-state index in [9.17, 15) is 8.42 Å². The normalized spacial score (nSPS) is 19.1. The third kappa shape index (κ3) is 3.36. The molecule has 0 aliphatic heterocycles. The van der Waals surface area contributed by atoms with Crippen molar-refractivity contribution < 1.29 is 13.5 Å². The van der Waals surface area contributed by atoms with Gasteiger partial charge in [-0.1, -0.05) is 22.6 Å². The fourth-order valence-electron chi connectivity index (χ4n) is 0.358. The Bertz CT molecular complexity index is 172. The van der Waals surface area contributed by atoms with Crippen LogP contribution in [0.5, 0.6) is 0 Å². The number of aliphatic hydroxyl groups excluding tert-OH is 1. The summed E-state index contributed by atoms with van der Waals surface area (Å²) in [6.45, 7) is 1.46. The smallest absolute Gasteiger partial charge is 0.162 e. The maximum absolute atomic E-state index is 10.6. The Kier molecular flexibility index (Phi) is 3.38. The number of hydrogen-bond donors (Lipinski definition) is 1. The van der Waals surface area contributed by atoms with Gasteiger partial charge in [-0.2, -0.15) is 0 Å². The molecule has 0 saturated heterocycles. The van der Waals surface area contributed by atoms with Gasteiger partial charge in [-0.3, -0.25) is 0 Å². The molecule has 0 rings (SSSR count). The predicted octanol–water partition coefficient (Wildman–Crippen LogP) is 0.173. The maximum Gasteiger partial charge on any atom is 0.162 e. The molecule has 0 aromatic heterocycles. The molecule has 0 aliphatic carbocycles. The summed E-state index contributed by atoms with van der Waals surface area (Å²) >= 11 is 1.70. The molecular weight excluding hydrogens is 255 g/mol. The Morgan fingerprint density at radius 3 is 1.89 bits per heavy atom. The van der Waals surface area contributed by atoms with E-state index >= 15 is 0 Å². The first-order valence-electron chi connectivity index (χ1n) is 2.36. The van der Waals surface area contributed by atoms with E-state index in [0.717, 1.165) is 6.26 Å².